The van der Waals surface area contributed by atoms with Crippen molar-refractivity contribution >= 4 is 0 Å². The van der Waals surface area contributed by atoms with Crippen LogP contribution in [0.3, 0.4) is 0 Å². The molecule has 1 aliphatic carbocycles. The number of nitrogens with one attached hydrogen (secondary N) is 1. The zero-order valence-electron chi connectivity index (χ0n) is 12.8. The molecule has 0 heterocycles. The molecule has 2 nitrogen and oxygen atoms in total. The second kappa shape index (κ2) is 6.42. The molecular formula is C17H27NO. The zero-order valence-corrected chi connectivity index (χ0v) is 12.8. The van der Waals surface area contributed by atoms with Crippen LogP contribution in [0.4, 0.5) is 0 Å². The van der Waals surface area contributed by atoms with E-state index in [1.165, 1.54) is 42.4 Å². The average molecular weight is 261 g/mol. The molecule has 19 heavy (non-hydrogen) atoms. The van der Waals surface area contributed by atoms with Gasteiger partial charge in [-0.25, -0.2) is 0 Å². The van der Waals surface area contributed by atoms with Crippen molar-refractivity contribution in [2.75, 3.05) is 13.7 Å². The lowest BCUT2D eigenvalue weighted by Gasteiger charge is -2.36. The highest BCUT2D eigenvalue weighted by atomic mass is 16.5. The minimum atomic E-state index is 0.462. The molecule has 1 unspecified atom stereocenters. The fraction of sp³-hybridized carbons (Fsp3) is 0.647. The van der Waals surface area contributed by atoms with Gasteiger partial charge in [0.1, 0.15) is 5.75 Å². The lowest BCUT2D eigenvalue weighted by molar-refractivity contribution is 0.226. The zero-order chi connectivity index (χ0) is 13.8. The molecule has 2 heteroatoms. The van der Waals surface area contributed by atoms with E-state index in [-0.39, 0.29) is 0 Å². The lowest BCUT2D eigenvalue weighted by atomic mass is 9.76. The van der Waals surface area contributed by atoms with Gasteiger partial charge in [0.05, 0.1) is 7.11 Å². The molecule has 0 amide bonds. The van der Waals surface area contributed by atoms with Crippen molar-refractivity contribution < 1.29 is 4.74 Å². The molecule has 1 saturated carbocycles. The van der Waals surface area contributed by atoms with E-state index in [0.29, 0.717) is 6.04 Å². The van der Waals surface area contributed by atoms with Gasteiger partial charge in [-0.2, -0.15) is 0 Å². The van der Waals surface area contributed by atoms with Crippen LogP contribution in [0.5, 0.6) is 5.75 Å². The van der Waals surface area contributed by atoms with E-state index < -0.39 is 0 Å². The molecule has 106 valence electrons. The molecule has 1 aliphatic rings. The summed E-state index contributed by atoms with van der Waals surface area (Å²) >= 11 is 0. The summed E-state index contributed by atoms with van der Waals surface area (Å²) in [5.74, 6) is 1.83. The quantitative estimate of drug-likeness (QED) is 0.830. The third-order valence-electron chi connectivity index (χ3n) is 4.26. The molecule has 0 aliphatic heterocycles. The van der Waals surface area contributed by atoms with Gasteiger partial charge in [-0.15, -0.1) is 0 Å². The summed E-state index contributed by atoms with van der Waals surface area (Å²) in [6.45, 7) is 7.66. The SMILES string of the molecule is CCCNC(c1c(C)cc(C)cc1OC)C1CCC1. The minimum absolute atomic E-state index is 0.462. The Labute approximate surface area is 117 Å². The van der Waals surface area contributed by atoms with E-state index in [1.54, 1.807) is 7.11 Å². The van der Waals surface area contributed by atoms with Crippen LogP contribution in [0, 0.1) is 19.8 Å². The summed E-state index contributed by atoms with van der Waals surface area (Å²) in [5, 5.41) is 3.74. The van der Waals surface area contributed by atoms with E-state index in [2.05, 4.69) is 38.2 Å². The van der Waals surface area contributed by atoms with Gasteiger partial charge in [0.25, 0.3) is 0 Å². The highest BCUT2D eigenvalue weighted by Crippen LogP contribution is 2.42. The Morgan fingerprint density at radius 3 is 2.58 bits per heavy atom. The highest BCUT2D eigenvalue weighted by molar-refractivity contribution is 5.45. The second-order valence-corrected chi connectivity index (χ2v) is 5.82. The number of ether oxygens (including phenoxy) is 1. The first kappa shape index (κ1) is 14.4. The van der Waals surface area contributed by atoms with Crippen LogP contribution >= 0.6 is 0 Å². The number of benzene rings is 1. The number of hydrogen-bond acceptors (Lipinski definition) is 2. The molecule has 0 spiro atoms. The summed E-state index contributed by atoms with van der Waals surface area (Å²) in [7, 11) is 1.79. The number of rotatable bonds is 6. The second-order valence-electron chi connectivity index (χ2n) is 5.82. The monoisotopic (exact) mass is 261 g/mol. The predicted molar refractivity (Wildman–Crippen MR) is 80.8 cm³/mol. The van der Waals surface area contributed by atoms with Crippen LogP contribution in [0.25, 0.3) is 0 Å². The van der Waals surface area contributed by atoms with Crippen molar-refractivity contribution in [1.29, 1.82) is 0 Å². The number of methoxy groups -OCH3 is 1. The lowest BCUT2D eigenvalue weighted by Crippen LogP contribution is -2.33. The molecule has 1 atom stereocenters. The van der Waals surface area contributed by atoms with Crippen molar-refractivity contribution in [3.05, 3.63) is 28.8 Å². The Morgan fingerprint density at radius 1 is 1.32 bits per heavy atom. The third-order valence-corrected chi connectivity index (χ3v) is 4.26. The first-order chi connectivity index (χ1) is 9.17. The Bertz CT molecular complexity index is 424. The summed E-state index contributed by atoms with van der Waals surface area (Å²) in [6.07, 6.45) is 5.24. The molecule has 1 aromatic rings. The molecule has 1 aromatic carbocycles. The molecular weight excluding hydrogens is 234 g/mol. The summed E-state index contributed by atoms with van der Waals surface area (Å²) in [5.41, 5.74) is 4.02. The van der Waals surface area contributed by atoms with Crippen molar-refractivity contribution in [3.8, 4) is 5.75 Å². The maximum absolute atomic E-state index is 5.65. The van der Waals surface area contributed by atoms with Crippen LogP contribution in [-0.4, -0.2) is 13.7 Å². The van der Waals surface area contributed by atoms with Gasteiger partial charge in [-0.3, -0.25) is 0 Å². The molecule has 1 fully saturated rings. The number of aryl methyl sites for hydroxylation is 2. The van der Waals surface area contributed by atoms with Gasteiger partial charge in [0.15, 0.2) is 0 Å². The maximum atomic E-state index is 5.65. The average Bonchev–Trinajstić information content (AvgIpc) is 2.31. The van der Waals surface area contributed by atoms with Crippen molar-refractivity contribution in [2.45, 2.75) is 52.5 Å². The fourth-order valence-electron chi connectivity index (χ4n) is 3.08. The van der Waals surface area contributed by atoms with Crippen LogP contribution in [0.2, 0.25) is 0 Å². The van der Waals surface area contributed by atoms with Crippen LogP contribution < -0.4 is 10.1 Å². The van der Waals surface area contributed by atoms with E-state index in [4.69, 9.17) is 4.74 Å². The van der Waals surface area contributed by atoms with Gasteiger partial charge in [-0.1, -0.05) is 19.4 Å². The topological polar surface area (TPSA) is 21.3 Å². The molecule has 2 rings (SSSR count). The van der Waals surface area contributed by atoms with Gasteiger partial charge in [-0.05, 0) is 62.8 Å². The Kier molecular flexibility index (Phi) is 4.87. The smallest absolute Gasteiger partial charge is 0.124 e. The van der Waals surface area contributed by atoms with E-state index in [9.17, 15) is 0 Å². The van der Waals surface area contributed by atoms with Crippen LogP contribution in [0.15, 0.2) is 12.1 Å². The van der Waals surface area contributed by atoms with Crippen molar-refractivity contribution in [2.24, 2.45) is 5.92 Å². The Balaban J connectivity index is 2.33. The van der Waals surface area contributed by atoms with Crippen LogP contribution in [-0.2, 0) is 0 Å². The van der Waals surface area contributed by atoms with Crippen molar-refractivity contribution in [1.82, 2.24) is 5.32 Å². The first-order valence-electron chi connectivity index (χ1n) is 7.55. The van der Waals surface area contributed by atoms with Gasteiger partial charge in [0.2, 0.25) is 0 Å². The molecule has 0 radical (unpaired) electrons. The van der Waals surface area contributed by atoms with E-state index in [0.717, 1.165) is 18.2 Å². The number of hydrogen-bond donors (Lipinski definition) is 1. The predicted octanol–water partition coefficient (Wildman–Crippen LogP) is 4.15. The molecule has 0 saturated heterocycles. The highest BCUT2D eigenvalue weighted by Gasteiger charge is 2.31. The first-order valence-corrected chi connectivity index (χ1v) is 7.55. The van der Waals surface area contributed by atoms with Crippen LogP contribution in [0.1, 0.15) is 55.3 Å². The van der Waals surface area contributed by atoms with E-state index >= 15 is 0 Å². The maximum Gasteiger partial charge on any atom is 0.124 e. The normalized spacial score (nSPS) is 17.1. The third kappa shape index (κ3) is 3.11. The summed E-state index contributed by atoms with van der Waals surface area (Å²) in [4.78, 5) is 0. The minimum Gasteiger partial charge on any atom is -0.496 e. The summed E-state index contributed by atoms with van der Waals surface area (Å²) < 4.78 is 5.65. The molecule has 1 N–H and O–H groups in total. The standard InChI is InChI=1S/C17H27NO/c1-5-9-18-17(14-7-6-8-14)16-13(3)10-12(2)11-15(16)19-4/h10-11,14,17-18H,5-9H2,1-4H3. The van der Waals surface area contributed by atoms with Gasteiger partial charge < -0.3 is 10.1 Å². The fourth-order valence-corrected chi connectivity index (χ4v) is 3.08. The Hall–Kier alpha value is -1.02. The largest absolute Gasteiger partial charge is 0.496 e. The molecule has 0 aromatic heterocycles. The molecule has 0 bridgehead atoms. The van der Waals surface area contributed by atoms with Gasteiger partial charge >= 0.3 is 0 Å². The van der Waals surface area contributed by atoms with E-state index in [1.807, 2.05) is 0 Å². The van der Waals surface area contributed by atoms with Gasteiger partial charge in [0, 0.05) is 11.6 Å². The summed E-state index contributed by atoms with van der Waals surface area (Å²) in [6, 6.07) is 4.91. The van der Waals surface area contributed by atoms with Crippen molar-refractivity contribution in [3.63, 3.8) is 0 Å². The Morgan fingerprint density at radius 2 is 2.05 bits per heavy atom.